The molecule has 1 aromatic carbocycles. The largest absolute Gasteiger partial charge is 0.342 e. The lowest BCUT2D eigenvalue weighted by Gasteiger charge is -2.26. The number of hydrogen-bond donors (Lipinski definition) is 0. The molecule has 1 amide bonds. The molecule has 8 heteroatoms. The fourth-order valence-electron chi connectivity index (χ4n) is 4.70. The number of likely N-dealkylation sites (tertiary alicyclic amines) is 1. The Labute approximate surface area is 178 Å². The van der Waals surface area contributed by atoms with E-state index in [1.165, 1.54) is 22.9 Å². The van der Waals surface area contributed by atoms with E-state index in [-0.39, 0.29) is 28.8 Å². The third-order valence-corrected chi connectivity index (χ3v) is 6.38. The van der Waals surface area contributed by atoms with Crippen LogP contribution in [-0.4, -0.2) is 51.5 Å². The molecule has 1 unspecified atom stereocenters. The molecule has 3 aromatic rings. The lowest BCUT2D eigenvalue weighted by molar-refractivity contribution is 0.0772. The predicted octanol–water partition coefficient (Wildman–Crippen LogP) is 2.19. The maximum Gasteiger partial charge on any atom is 0.255 e. The van der Waals surface area contributed by atoms with E-state index in [0.717, 1.165) is 6.20 Å². The number of anilines is 1. The molecule has 0 spiro atoms. The van der Waals surface area contributed by atoms with E-state index in [4.69, 9.17) is 0 Å². The summed E-state index contributed by atoms with van der Waals surface area (Å²) in [4.78, 5) is 37.5. The van der Waals surface area contributed by atoms with Gasteiger partial charge in [0.2, 0.25) is 5.95 Å². The van der Waals surface area contributed by atoms with Gasteiger partial charge in [0.1, 0.15) is 0 Å². The molecule has 3 atom stereocenters. The van der Waals surface area contributed by atoms with Gasteiger partial charge in [0.05, 0.1) is 11.9 Å². The third kappa shape index (κ3) is 3.28. The maximum atomic E-state index is 14.2. The Hall–Kier alpha value is -3.55. The van der Waals surface area contributed by atoms with Crippen LogP contribution in [0.15, 0.2) is 59.7 Å². The van der Waals surface area contributed by atoms with E-state index in [2.05, 4.69) is 9.97 Å². The fraction of sp³-hybridized carbons (Fsp3) is 0.304. The van der Waals surface area contributed by atoms with Crippen LogP contribution < -0.4 is 10.5 Å². The summed E-state index contributed by atoms with van der Waals surface area (Å²) in [7, 11) is 3.57. The molecular weight excluding hydrogens is 397 g/mol. The van der Waals surface area contributed by atoms with Gasteiger partial charge in [0, 0.05) is 68.5 Å². The lowest BCUT2D eigenvalue weighted by Crippen LogP contribution is -2.38. The van der Waals surface area contributed by atoms with Gasteiger partial charge in [-0.15, -0.1) is 0 Å². The molecule has 31 heavy (non-hydrogen) atoms. The zero-order valence-electron chi connectivity index (χ0n) is 17.3. The van der Waals surface area contributed by atoms with Crippen molar-refractivity contribution in [3.63, 3.8) is 0 Å². The quantitative estimate of drug-likeness (QED) is 0.648. The van der Waals surface area contributed by atoms with Crippen molar-refractivity contribution in [3.8, 4) is 11.3 Å². The second kappa shape index (κ2) is 7.30. The van der Waals surface area contributed by atoms with E-state index in [0.29, 0.717) is 36.4 Å². The summed E-state index contributed by atoms with van der Waals surface area (Å²) >= 11 is 0. The van der Waals surface area contributed by atoms with Crippen LogP contribution in [0.3, 0.4) is 0 Å². The predicted molar refractivity (Wildman–Crippen MR) is 114 cm³/mol. The fourth-order valence-corrected chi connectivity index (χ4v) is 4.70. The summed E-state index contributed by atoms with van der Waals surface area (Å²) < 4.78 is 15.7. The Balaban J connectivity index is 1.36. The molecule has 3 heterocycles. The smallest absolute Gasteiger partial charge is 0.255 e. The van der Waals surface area contributed by atoms with Crippen LogP contribution in [0, 0.1) is 17.7 Å². The number of carbonyl (C=O) groups is 1. The molecule has 0 N–H and O–H groups in total. The number of fused-ring (bicyclic) bond motifs is 1. The summed E-state index contributed by atoms with van der Waals surface area (Å²) in [6, 6.07) is 12.3. The monoisotopic (exact) mass is 419 g/mol. The molecule has 2 fully saturated rings. The maximum absolute atomic E-state index is 14.2. The number of carbonyl (C=O) groups excluding carboxylic acids is 1. The van der Waals surface area contributed by atoms with Crippen LogP contribution in [0.5, 0.6) is 0 Å². The number of nitrogens with zero attached hydrogens (tertiary/aromatic N) is 5. The minimum atomic E-state index is -0.518. The second-order valence-electron chi connectivity index (χ2n) is 8.20. The van der Waals surface area contributed by atoms with Gasteiger partial charge in [-0.25, -0.2) is 9.37 Å². The molecule has 2 aromatic heterocycles. The highest BCUT2D eigenvalue weighted by Gasteiger charge is 2.59. The minimum Gasteiger partial charge on any atom is -0.342 e. The van der Waals surface area contributed by atoms with E-state index in [1.54, 1.807) is 7.05 Å². The third-order valence-electron chi connectivity index (χ3n) is 6.38. The van der Waals surface area contributed by atoms with Crippen molar-refractivity contribution in [2.75, 3.05) is 25.0 Å². The molecule has 1 aliphatic heterocycles. The van der Waals surface area contributed by atoms with Gasteiger partial charge in [-0.1, -0.05) is 18.2 Å². The van der Waals surface area contributed by atoms with Crippen molar-refractivity contribution in [1.29, 1.82) is 0 Å². The number of rotatable bonds is 4. The van der Waals surface area contributed by atoms with E-state index < -0.39 is 5.82 Å². The lowest BCUT2D eigenvalue weighted by atomic mass is 10.2. The number of halogens is 1. The number of aromatic nitrogens is 3. The van der Waals surface area contributed by atoms with Crippen molar-refractivity contribution >= 4 is 11.9 Å². The Morgan fingerprint density at radius 1 is 1.16 bits per heavy atom. The number of amides is 1. The normalized spacial score (nSPS) is 21.6. The molecular formula is C23H22FN5O2. The van der Waals surface area contributed by atoms with E-state index in [9.17, 15) is 14.0 Å². The van der Waals surface area contributed by atoms with Crippen molar-refractivity contribution < 1.29 is 9.18 Å². The van der Waals surface area contributed by atoms with Crippen molar-refractivity contribution in [2.24, 2.45) is 18.9 Å². The SMILES string of the molecule is CN(c1nc(-c2ccncc2F)cc(=O)n1C)C1[C@H]2CN(C(=O)c3ccccc3)C[C@@H]12. The van der Waals surface area contributed by atoms with Gasteiger partial charge in [0.25, 0.3) is 11.5 Å². The first kappa shape index (κ1) is 19.4. The van der Waals surface area contributed by atoms with E-state index in [1.807, 2.05) is 47.2 Å². The summed E-state index contributed by atoms with van der Waals surface area (Å²) in [6.07, 6.45) is 2.59. The topological polar surface area (TPSA) is 71.3 Å². The number of piperidine rings is 1. The van der Waals surface area contributed by atoms with E-state index >= 15 is 0 Å². The average molecular weight is 419 g/mol. The molecule has 0 radical (unpaired) electrons. The zero-order valence-corrected chi connectivity index (χ0v) is 17.3. The molecule has 7 nitrogen and oxygen atoms in total. The average Bonchev–Trinajstić information content (AvgIpc) is 3.28. The van der Waals surface area contributed by atoms with Crippen LogP contribution in [0.1, 0.15) is 10.4 Å². The first-order valence-electron chi connectivity index (χ1n) is 10.2. The summed E-state index contributed by atoms with van der Waals surface area (Å²) in [6.45, 7) is 1.36. The Bertz CT molecular complexity index is 1200. The summed E-state index contributed by atoms with van der Waals surface area (Å²) in [5.41, 5.74) is 0.981. The Morgan fingerprint density at radius 3 is 2.55 bits per heavy atom. The van der Waals surface area contributed by atoms with Gasteiger partial charge in [0.15, 0.2) is 5.82 Å². The van der Waals surface area contributed by atoms with Crippen LogP contribution in [0.25, 0.3) is 11.3 Å². The van der Waals surface area contributed by atoms with Crippen LogP contribution in [0.2, 0.25) is 0 Å². The van der Waals surface area contributed by atoms with Gasteiger partial charge >= 0.3 is 0 Å². The first-order valence-corrected chi connectivity index (χ1v) is 10.2. The highest BCUT2D eigenvalue weighted by molar-refractivity contribution is 5.94. The highest BCUT2D eigenvalue weighted by Crippen LogP contribution is 2.49. The minimum absolute atomic E-state index is 0.0508. The molecule has 0 bridgehead atoms. The molecule has 158 valence electrons. The Kier molecular flexibility index (Phi) is 4.57. The highest BCUT2D eigenvalue weighted by atomic mass is 19.1. The van der Waals surface area contributed by atoms with Crippen molar-refractivity contribution in [1.82, 2.24) is 19.4 Å². The number of hydrogen-bond acceptors (Lipinski definition) is 5. The van der Waals surface area contributed by atoms with Crippen LogP contribution in [0.4, 0.5) is 10.3 Å². The van der Waals surface area contributed by atoms with Gasteiger partial charge in [-0.3, -0.25) is 19.1 Å². The van der Waals surface area contributed by atoms with Gasteiger partial charge in [-0.05, 0) is 18.2 Å². The standard InChI is InChI=1S/C23H22FN5O2/c1-27-20(30)10-19(15-8-9-25-11-18(15)24)26-23(27)28(2)21-16-12-29(13-17(16)21)22(31)14-6-4-3-5-7-14/h3-11,16-17,21H,12-13H2,1-2H3/t16-,17+,21?. The molecule has 1 aliphatic carbocycles. The zero-order chi connectivity index (χ0) is 21.7. The van der Waals surface area contributed by atoms with Gasteiger partial charge < -0.3 is 9.80 Å². The number of benzene rings is 1. The van der Waals surface area contributed by atoms with Crippen LogP contribution in [-0.2, 0) is 7.05 Å². The molecule has 1 saturated carbocycles. The molecule has 5 rings (SSSR count). The van der Waals surface area contributed by atoms with Crippen LogP contribution >= 0.6 is 0 Å². The van der Waals surface area contributed by atoms with Crippen molar-refractivity contribution in [3.05, 3.63) is 76.6 Å². The van der Waals surface area contributed by atoms with Gasteiger partial charge in [-0.2, -0.15) is 0 Å². The van der Waals surface area contributed by atoms with Crippen molar-refractivity contribution in [2.45, 2.75) is 6.04 Å². The number of pyridine rings is 1. The molecule has 1 saturated heterocycles. The first-order chi connectivity index (χ1) is 15.0. The second-order valence-corrected chi connectivity index (χ2v) is 8.20. The summed E-state index contributed by atoms with van der Waals surface area (Å²) in [5, 5.41) is 0. The Morgan fingerprint density at radius 2 is 1.87 bits per heavy atom. The molecule has 2 aliphatic rings. The summed E-state index contributed by atoms with van der Waals surface area (Å²) in [5.74, 6) is 0.677.